The van der Waals surface area contributed by atoms with Crippen LogP contribution in [0, 0.1) is 12.8 Å². The van der Waals surface area contributed by atoms with Gasteiger partial charge in [-0.3, -0.25) is 9.59 Å². The van der Waals surface area contributed by atoms with Crippen LogP contribution in [-0.2, 0) is 16.0 Å². The summed E-state index contributed by atoms with van der Waals surface area (Å²) in [5.41, 5.74) is 3.37. The van der Waals surface area contributed by atoms with Gasteiger partial charge in [-0.25, -0.2) is 0 Å². The first kappa shape index (κ1) is 20.7. The fourth-order valence-corrected chi connectivity index (χ4v) is 3.44. The summed E-state index contributed by atoms with van der Waals surface area (Å²) < 4.78 is 5.63. The van der Waals surface area contributed by atoms with Gasteiger partial charge in [0, 0.05) is 31.9 Å². The Hall–Kier alpha value is -3.02. The maximum atomic E-state index is 12.5. The fraction of sp³-hybridized carbons (Fsp3) is 0.391. The second kappa shape index (κ2) is 9.45. The van der Waals surface area contributed by atoms with Crippen LogP contribution in [0.1, 0.15) is 18.1 Å². The number of piperazine rings is 1. The summed E-state index contributed by atoms with van der Waals surface area (Å²) in [6, 6.07) is 15.7. The van der Waals surface area contributed by atoms with Crippen molar-refractivity contribution in [2.45, 2.75) is 20.3 Å². The van der Waals surface area contributed by atoms with E-state index < -0.39 is 11.9 Å². The molecule has 1 amide bonds. The van der Waals surface area contributed by atoms with Crippen molar-refractivity contribution >= 4 is 17.6 Å². The number of ether oxygens (including phenoxy) is 1. The van der Waals surface area contributed by atoms with E-state index >= 15 is 0 Å². The lowest BCUT2D eigenvalue weighted by Gasteiger charge is -2.36. The summed E-state index contributed by atoms with van der Waals surface area (Å²) in [7, 11) is 0. The molecular weight excluding hydrogens is 368 g/mol. The smallest absolute Gasteiger partial charge is 0.306 e. The first-order chi connectivity index (χ1) is 13.9. The number of hydrogen-bond donors (Lipinski definition) is 1. The van der Waals surface area contributed by atoms with Gasteiger partial charge in [0.05, 0.1) is 5.92 Å². The van der Waals surface area contributed by atoms with Gasteiger partial charge in [0.25, 0.3) is 5.91 Å². The van der Waals surface area contributed by atoms with Crippen LogP contribution >= 0.6 is 0 Å². The average molecular weight is 396 g/mol. The van der Waals surface area contributed by atoms with Crippen molar-refractivity contribution in [3.63, 3.8) is 0 Å². The quantitative estimate of drug-likeness (QED) is 0.779. The number of aliphatic carboxylic acids is 1. The van der Waals surface area contributed by atoms with Gasteiger partial charge < -0.3 is 19.6 Å². The van der Waals surface area contributed by atoms with Crippen LogP contribution in [-0.4, -0.2) is 54.7 Å². The molecule has 1 heterocycles. The average Bonchev–Trinajstić information content (AvgIpc) is 2.73. The van der Waals surface area contributed by atoms with E-state index in [0.29, 0.717) is 25.3 Å². The summed E-state index contributed by atoms with van der Waals surface area (Å²) in [6.07, 6.45) is 0.472. The third-order valence-electron chi connectivity index (χ3n) is 5.25. The minimum atomic E-state index is -0.807. The van der Waals surface area contributed by atoms with Crippen molar-refractivity contribution < 1.29 is 19.4 Å². The molecule has 0 saturated carbocycles. The maximum absolute atomic E-state index is 12.5. The van der Waals surface area contributed by atoms with Crippen molar-refractivity contribution in [3.8, 4) is 5.75 Å². The second-order valence-electron chi connectivity index (χ2n) is 7.58. The van der Waals surface area contributed by atoms with E-state index in [1.54, 1.807) is 19.1 Å². The lowest BCUT2D eigenvalue weighted by atomic mass is 10.0. The van der Waals surface area contributed by atoms with E-state index in [4.69, 9.17) is 9.84 Å². The number of nitrogens with zero attached hydrogens (tertiary/aromatic N) is 2. The molecule has 1 N–H and O–H groups in total. The molecule has 6 nitrogen and oxygen atoms in total. The Morgan fingerprint density at radius 2 is 1.76 bits per heavy atom. The van der Waals surface area contributed by atoms with Crippen LogP contribution < -0.4 is 9.64 Å². The fourth-order valence-electron chi connectivity index (χ4n) is 3.44. The van der Waals surface area contributed by atoms with Gasteiger partial charge in [-0.15, -0.1) is 0 Å². The molecule has 0 bridgehead atoms. The number of anilines is 1. The van der Waals surface area contributed by atoms with Crippen LogP contribution in [0.5, 0.6) is 5.75 Å². The standard InChI is InChI=1S/C23H28N2O4/c1-17-4-3-5-20(14-17)24-10-12-25(13-11-24)22(26)16-29-21-8-6-19(7-9-21)15-18(2)23(27)28/h3-9,14,18H,10-13,15-16H2,1-2H3,(H,27,28)/t18-/m0/s1. The third-order valence-corrected chi connectivity index (χ3v) is 5.25. The highest BCUT2D eigenvalue weighted by molar-refractivity contribution is 5.78. The molecule has 154 valence electrons. The number of hydrogen-bond acceptors (Lipinski definition) is 4. The van der Waals surface area contributed by atoms with Crippen molar-refractivity contribution in [1.29, 1.82) is 0 Å². The molecule has 1 aliphatic rings. The Labute approximate surface area is 171 Å². The van der Waals surface area contributed by atoms with Crippen LogP contribution in [0.4, 0.5) is 5.69 Å². The number of carboxylic acids is 1. The van der Waals surface area contributed by atoms with Crippen molar-refractivity contribution in [2.75, 3.05) is 37.7 Å². The molecule has 3 rings (SSSR count). The molecular formula is C23H28N2O4. The molecule has 1 atom stereocenters. The summed E-state index contributed by atoms with van der Waals surface area (Å²) >= 11 is 0. The SMILES string of the molecule is Cc1cccc(N2CCN(C(=O)COc3ccc(C[C@H](C)C(=O)O)cc3)CC2)c1. The topological polar surface area (TPSA) is 70.1 Å². The van der Waals surface area contributed by atoms with Crippen LogP contribution in [0.2, 0.25) is 0 Å². The van der Waals surface area contributed by atoms with E-state index in [1.807, 2.05) is 17.0 Å². The summed E-state index contributed by atoms with van der Waals surface area (Å²) in [5.74, 6) is -0.638. The van der Waals surface area contributed by atoms with Crippen LogP contribution in [0.3, 0.4) is 0 Å². The minimum Gasteiger partial charge on any atom is -0.484 e. The minimum absolute atomic E-state index is 0.00925. The number of carbonyl (C=O) groups is 2. The Morgan fingerprint density at radius 1 is 1.07 bits per heavy atom. The molecule has 1 saturated heterocycles. The van der Waals surface area contributed by atoms with Crippen molar-refractivity contribution in [2.24, 2.45) is 5.92 Å². The molecule has 6 heteroatoms. The van der Waals surface area contributed by atoms with E-state index in [-0.39, 0.29) is 12.5 Å². The first-order valence-electron chi connectivity index (χ1n) is 9.96. The molecule has 29 heavy (non-hydrogen) atoms. The van der Waals surface area contributed by atoms with Gasteiger partial charge >= 0.3 is 5.97 Å². The van der Waals surface area contributed by atoms with Gasteiger partial charge in [-0.2, -0.15) is 0 Å². The van der Waals surface area contributed by atoms with Gasteiger partial charge in [-0.05, 0) is 48.7 Å². The molecule has 0 aromatic heterocycles. The third kappa shape index (κ3) is 5.73. The van der Waals surface area contributed by atoms with E-state index in [0.717, 1.165) is 18.7 Å². The van der Waals surface area contributed by atoms with Crippen molar-refractivity contribution in [3.05, 3.63) is 59.7 Å². The van der Waals surface area contributed by atoms with Gasteiger partial charge in [0.2, 0.25) is 0 Å². The summed E-state index contributed by atoms with van der Waals surface area (Å²) in [5, 5.41) is 8.99. The molecule has 0 aliphatic carbocycles. The monoisotopic (exact) mass is 396 g/mol. The molecule has 0 unspecified atom stereocenters. The highest BCUT2D eigenvalue weighted by Crippen LogP contribution is 2.18. The number of carboxylic acid groups (broad SMARTS) is 1. The number of carbonyl (C=O) groups excluding carboxylic acids is 1. The Kier molecular flexibility index (Phi) is 6.75. The number of amides is 1. The lowest BCUT2D eigenvalue weighted by Crippen LogP contribution is -2.50. The second-order valence-corrected chi connectivity index (χ2v) is 7.58. The highest BCUT2D eigenvalue weighted by atomic mass is 16.5. The van der Waals surface area contributed by atoms with E-state index in [1.165, 1.54) is 11.3 Å². The predicted molar refractivity (Wildman–Crippen MR) is 112 cm³/mol. The molecule has 0 radical (unpaired) electrons. The molecule has 1 fully saturated rings. The molecule has 2 aromatic carbocycles. The van der Waals surface area contributed by atoms with E-state index in [9.17, 15) is 9.59 Å². The van der Waals surface area contributed by atoms with Gasteiger partial charge in [0.1, 0.15) is 5.75 Å². The Morgan fingerprint density at radius 3 is 2.38 bits per heavy atom. The largest absolute Gasteiger partial charge is 0.484 e. The molecule has 0 spiro atoms. The number of benzene rings is 2. The number of aryl methyl sites for hydroxylation is 1. The zero-order valence-corrected chi connectivity index (χ0v) is 17.0. The summed E-state index contributed by atoms with van der Waals surface area (Å²) in [6.45, 7) is 6.76. The molecule has 1 aliphatic heterocycles. The Bertz CT molecular complexity index is 842. The molecule has 2 aromatic rings. The van der Waals surface area contributed by atoms with Crippen molar-refractivity contribution in [1.82, 2.24) is 4.90 Å². The Balaban J connectivity index is 1.45. The normalized spacial score (nSPS) is 15.1. The zero-order valence-electron chi connectivity index (χ0n) is 17.0. The van der Waals surface area contributed by atoms with Gasteiger partial charge in [-0.1, -0.05) is 31.2 Å². The maximum Gasteiger partial charge on any atom is 0.306 e. The number of rotatable bonds is 7. The summed E-state index contributed by atoms with van der Waals surface area (Å²) in [4.78, 5) is 27.6. The van der Waals surface area contributed by atoms with Crippen LogP contribution in [0.15, 0.2) is 48.5 Å². The lowest BCUT2D eigenvalue weighted by molar-refractivity contribution is -0.141. The van der Waals surface area contributed by atoms with E-state index in [2.05, 4.69) is 36.1 Å². The predicted octanol–water partition coefficient (Wildman–Crippen LogP) is 2.99. The zero-order chi connectivity index (χ0) is 20.8. The van der Waals surface area contributed by atoms with Crippen LogP contribution in [0.25, 0.3) is 0 Å². The van der Waals surface area contributed by atoms with Gasteiger partial charge in [0.15, 0.2) is 6.61 Å². The highest BCUT2D eigenvalue weighted by Gasteiger charge is 2.21. The first-order valence-corrected chi connectivity index (χ1v) is 9.96.